The highest BCUT2D eigenvalue weighted by Crippen LogP contribution is 2.25. The van der Waals surface area contributed by atoms with Crippen LogP contribution in [0.5, 0.6) is 0 Å². The molecule has 534 valence electrons. The zero-order valence-corrected chi connectivity index (χ0v) is 63.8. The second kappa shape index (κ2) is 35.8. The fourth-order valence-electron chi connectivity index (χ4n) is 11.1. The molecule has 0 spiro atoms. The van der Waals surface area contributed by atoms with Crippen LogP contribution in [-0.2, 0) is 25.9 Å². The molecule has 7 N–H and O–H groups in total. The summed E-state index contributed by atoms with van der Waals surface area (Å²) in [5, 5.41) is 9.08. The predicted molar refractivity (Wildman–Crippen MR) is 435 cm³/mol. The number of nitrogens with one attached hydrogen (secondary N) is 3. The molecule has 0 fully saturated rings. The lowest BCUT2D eigenvalue weighted by Gasteiger charge is -2.09. The van der Waals surface area contributed by atoms with Crippen LogP contribution in [0.15, 0.2) is 210 Å². The number of aldehydes is 2. The van der Waals surface area contributed by atoms with E-state index in [0.717, 1.165) is 143 Å². The SMILES string of the molecule is CC(=O)Nc1cccc(C)c1.Cc1cc2c(cc1Br)cc(C)c(=O)n2C.Cc1cc2c(cc1N)cc(C)c(=O)n2C.Cc1ccc2cc(C)c(=O)[nH]c2c1.Cc1ccc2cc(C)c(=O)n(C)c2c1.Cc1ccc2cc(C=O)c(=O)[nH]c2c1.Cc1ccc2cc(C=O)c(Cl)nc2c1.Cc1cccc(N)c1. The Morgan fingerprint density at radius 2 is 0.856 bits per heavy atom. The Morgan fingerprint density at radius 3 is 1.37 bits per heavy atom. The number of benzene rings is 8. The molecule has 104 heavy (non-hydrogen) atoms. The van der Waals surface area contributed by atoms with Crippen molar-refractivity contribution in [1.82, 2.24) is 28.7 Å². The molecular formula is C85H87BrClN9O8. The van der Waals surface area contributed by atoms with Gasteiger partial charge in [-0.05, 0) is 258 Å². The average Bonchev–Trinajstić information content (AvgIpc) is 0.800. The van der Waals surface area contributed by atoms with Crippen LogP contribution in [0.4, 0.5) is 17.1 Å². The second-order valence-electron chi connectivity index (χ2n) is 25.8. The minimum absolute atomic E-state index is 0.00176. The third-order valence-electron chi connectivity index (χ3n) is 16.8. The standard InChI is InChI=1S/C12H12BrNO.C12H14N2O.C12H13NO.C11H8ClNO.C11H9NO2.C11H11NO.C9H11NO.C7H9N/c2*1-7-5-11-9(6-10(7)13)4-8(2)12(15)14(11)3;1-8-4-5-10-7-9(2)12(14)13(3)11(10)6-8;1-7-2-3-8-5-9(6-14)11(12)13-10(8)4-7;1-7-2-3-8-5-9(6-13)11(14)12-10(8)4-7;1-7-3-4-9-6-8(2)11(13)12-10(9)5-7;1-7-4-3-5-9(6-7)10-8(2)11;1-6-3-2-4-7(8)5-6/h4-6H,1-3H3;4-6H,13H2,1-3H3;4-7H,1-3H3;2-6H,1H3;2-6H,1H3,(H,12,14);3-6H,1-2H3,(H,12,13);3-6H,1-2H3,(H,10,11);2-5H,8H2,1H3. The molecule has 14 rings (SSSR count). The Labute approximate surface area is 617 Å². The topological polar surface area (TPSA) is 260 Å². The van der Waals surface area contributed by atoms with Crippen molar-refractivity contribution in [3.05, 3.63) is 321 Å². The normalized spacial score (nSPS) is 10.4. The number of halogens is 2. The Bertz CT molecular complexity index is 5770. The zero-order chi connectivity index (χ0) is 76.5. The number of nitrogens with two attached hydrogens (primary N) is 2. The number of carbonyl (C=O) groups is 3. The third-order valence-corrected chi connectivity index (χ3v) is 18.0. The first-order chi connectivity index (χ1) is 49.1. The largest absolute Gasteiger partial charge is 0.399 e. The summed E-state index contributed by atoms with van der Waals surface area (Å²) in [6, 6.07) is 58.2. The lowest BCUT2D eigenvalue weighted by Crippen LogP contribution is -2.19. The van der Waals surface area contributed by atoms with Crippen LogP contribution in [-0.4, -0.2) is 47.1 Å². The Balaban J connectivity index is 0.000000167. The minimum Gasteiger partial charge on any atom is -0.399 e. The lowest BCUT2D eigenvalue weighted by atomic mass is 10.1. The number of anilines is 3. The van der Waals surface area contributed by atoms with Crippen molar-refractivity contribution in [2.45, 2.75) is 90.0 Å². The van der Waals surface area contributed by atoms with Crippen molar-refractivity contribution in [2.75, 3.05) is 16.8 Å². The van der Waals surface area contributed by atoms with E-state index in [1.807, 2.05) is 249 Å². The van der Waals surface area contributed by atoms with Crippen LogP contribution in [0.25, 0.3) is 65.4 Å². The molecular weight excluding hydrogens is 1390 g/mol. The van der Waals surface area contributed by atoms with Crippen molar-refractivity contribution in [3.8, 4) is 0 Å². The average molecular weight is 1480 g/mol. The van der Waals surface area contributed by atoms with Gasteiger partial charge in [-0.15, -0.1) is 0 Å². The van der Waals surface area contributed by atoms with E-state index >= 15 is 0 Å². The first kappa shape index (κ1) is 79.7. The van der Waals surface area contributed by atoms with E-state index in [4.69, 9.17) is 23.1 Å². The number of aromatic nitrogens is 6. The fraction of sp³-hybridized carbons (Fsp3) is 0.188. The molecule has 14 aromatic rings. The molecule has 0 bridgehead atoms. The number of amides is 1. The summed E-state index contributed by atoms with van der Waals surface area (Å²) >= 11 is 9.31. The summed E-state index contributed by atoms with van der Waals surface area (Å²) in [7, 11) is 5.41. The zero-order valence-electron chi connectivity index (χ0n) is 61.4. The first-order valence-electron chi connectivity index (χ1n) is 33.2. The van der Waals surface area contributed by atoms with Crippen LogP contribution in [0.1, 0.15) is 94.4 Å². The van der Waals surface area contributed by atoms with Gasteiger partial charge in [-0.3, -0.25) is 38.4 Å². The summed E-state index contributed by atoms with van der Waals surface area (Å²) in [6.45, 7) is 24.8. The smallest absolute Gasteiger partial charge is 0.259 e. The number of aromatic amines is 2. The number of carbonyl (C=O) groups excluding carboxylic acids is 3. The maximum absolute atomic E-state index is 11.7. The maximum Gasteiger partial charge on any atom is 0.259 e. The second-order valence-corrected chi connectivity index (χ2v) is 27.1. The Morgan fingerprint density at radius 1 is 0.433 bits per heavy atom. The van der Waals surface area contributed by atoms with E-state index in [-0.39, 0.29) is 44.4 Å². The number of nitrogens with zero attached hydrogens (tertiary/aromatic N) is 4. The number of fused-ring (bicyclic) bond motifs is 6. The van der Waals surface area contributed by atoms with Gasteiger partial charge in [0.05, 0.1) is 33.2 Å². The minimum atomic E-state index is -0.335. The summed E-state index contributed by atoms with van der Waals surface area (Å²) in [5.41, 5.74) is 31.8. The number of nitrogen functional groups attached to an aromatic ring is 2. The molecule has 19 heteroatoms. The van der Waals surface area contributed by atoms with Gasteiger partial charge >= 0.3 is 0 Å². The molecule has 0 radical (unpaired) electrons. The number of H-pyrrole nitrogens is 2. The van der Waals surface area contributed by atoms with Crippen molar-refractivity contribution < 1.29 is 14.4 Å². The van der Waals surface area contributed by atoms with Crippen LogP contribution >= 0.6 is 27.5 Å². The molecule has 1 amide bonds. The highest BCUT2D eigenvalue weighted by molar-refractivity contribution is 9.10. The molecule has 0 unspecified atom stereocenters. The number of pyridine rings is 6. The van der Waals surface area contributed by atoms with Gasteiger partial charge in [-0.2, -0.15) is 0 Å². The number of hydrogen-bond donors (Lipinski definition) is 5. The van der Waals surface area contributed by atoms with E-state index < -0.39 is 0 Å². The van der Waals surface area contributed by atoms with Gasteiger partial charge in [0.15, 0.2) is 12.6 Å². The van der Waals surface area contributed by atoms with Gasteiger partial charge in [-0.25, -0.2) is 4.98 Å². The highest BCUT2D eigenvalue weighted by atomic mass is 79.9. The van der Waals surface area contributed by atoms with Gasteiger partial charge < -0.3 is 40.5 Å². The Kier molecular flexibility index (Phi) is 27.5. The van der Waals surface area contributed by atoms with Crippen molar-refractivity contribution in [3.63, 3.8) is 0 Å². The first-order valence-corrected chi connectivity index (χ1v) is 34.4. The Hall–Kier alpha value is -11.6. The highest BCUT2D eigenvalue weighted by Gasteiger charge is 2.10. The van der Waals surface area contributed by atoms with Crippen LogP contribution in [0, 0.1) is 83.1 Å². The van der Waals surface area contributed by atoms with Crippen LogP contribution in [0.3, 0.4) is 0 Å². The van der Waals surface area contributed by atoms with Crippen molar-refractivity contribution in [2.24, 2.45) is 21.1 Å². The summed E-state index contributed by atoms with van der Waals surface area (Å²) in [4.78, 5) is 99.1. The quantitative estimate of drug-likeness (QED) is 0.0631. The van der Waals surface area contributed by atoms with Crippen molar-refractivity contribution in [1.29, 1.82) is 0 Å². The molecule has 17 nitrogen and oxygen atoms in total. The van der Waals surface area contributed by atoms with Gasteiger partial charge in [0.2, 0.25) is 5.91 Å². The molecule has 6 aromatic heterocycles. The van der Waals surface area contributed by atoms with Gasteiger partial charge in [0.25, 0.3) is 27.8 Å². The van der Waals surface area contributed by atoms with E-state index in [0.29, 0.717) is 18.1 Å². The molecule has 0 aliphatic rings. The fourth-order valence-corrected chi connectivity index (χ4v) is 11.6. The van der Waals surface area contributed by atoms with Gasteiger partial charge in [0.1, 0.15) is 5.15 Å². The van der Waals surface area contributed by atoms with Gasteiger partial charge in [0, 0.05) is 93.7 Å². The monoisotopic (exact) mass is 1480 g/mol. The summed E-state index contributed by atoms with van der Waals surface area (Å²) < 4.78 is 6.15. The van der Waals surface area contributed by atoms with E-state index in [1.165, 1.54) is 18.1 Å². The molecule has 0 aliphatic heterocycles. The molecule has 6 heterocycles. The van der Waals surface area contributed by atoms with Crippen molar-refractivity contribution >= 4 is 128 Å². The van der Waals surface area contributed by atoms with E-state index in [2.05, 4.69) is 54.4 Å². The molecule has 0 saturated carbocycles. The lowest BCUT2D eigenvalue weighted by molar-refractivity contribution is -0.114. The van der Waals surface area contributed by atoms with Crippen LogP contribution < -0.4 is 44.6 Å². The molecule has 0 atom stereocenters. The van der Waals surface area contributed by atoms with Gasteiger partial charge in [-0.1, -0.05) is 100 Å². The van der Waals surface area contributed by atoms with E-state index in [9.17, 15) is 38.4 Å². The predicted octanol–water partition coefficient (Wildman–Crippen LogP) is 17.1. The third kappa shape index (κ3) is 21.2. The maximum atomic E-state index is 11.7. The number of rotatable bonds is 3. The molecule has 0 saturated heterocycles. The number of hydrogen-bond acceptors (Lipinski definition) is 11. The summed E-state index contributed by atoms with van der Waals surface area (Å²) in [6.07, 6.45) is 1.28. The molecule has 8 aromatic carbocycles. The van der Waals surface area contributed by atoms with E-state index in [1.54, 1.807) is 32.9 Å². The summed E-state index contributed by atoms with van der Waals surface area (Å²) in [5.74, 6) is -0.0319. The van der Waals surface area contributed by atoms with Crippen LogP contribution in [0.2, 0.25) is 5.15 Å². The number of aryl methyl sites for hydroxylation is 15. The molecule has 0 aliphatic carbocycles.